The molecular formula is C22H23N3O7S. The van der Waals surface area contributed by atoms with Crippen LogP contribution in [-0.4, -0.2) is 40.5 Å². The van der Waals surface area contributed by atoms with Gasteiger partial charge in [0.25, 0.3) is 15.9 Å². The van der Waals surface area contributed by atoms with E-state index in [4.69, 9.17) is 13.9 Å². The molecule has 10 nitrogen and oxygen atoms in total. The number of sulfonamides is 1. The first-order valence-corrected chi connectivity index (χ1v) is 11.4. The summed E-state index contributed by atoms with van der Waals surface area (Å²) in [5.41, 5.74) is 0.538. The van der Waals surface area contributed by atoms with Crippen LogP contribution in [0.15, 0.2) is 70.2 Å². The molecule has 0 spiro atoms. The molecule has 1 aromatic heterocycles. The number of furan rings is 1. The van der Waals surface area contributed by atoms with Crippen molar-refractivity contribution in [3.8, 4) is 11.5 Å². The van der Waals surface area contributed by atoms with Crippen LogP contribution in [-0.2, 0) is 14.8 Å². The summed E-state index contributed by atoms with van der Waals surface area (Å²) in [5.74, 6) is -0.323. The smallest absolute Gasteiger partial charge is 0.287 e. The van der Waals surface area contributed by atoms with Crippen molar-refractivity contribution in [2.24, 2.45) is 0 Å². The molecule has 0 saturated heterocycles. The molecule has 3 N–H and O–H groups in total. The maximum absolute atomic E-state index is 13.0. The van der Waals surface area contributed by atoms with Gasteiger partial charge in [-0.15, -0.1) is 0 Å². The molecule has 0 aliphatic carbocycles. The molecule has 0 aliphatic heterocycles. The van der Waals surface area contributed by atoms with Gasteiger partial charge in [-0.3, -0.25) is 14.3 Å². The van der Waals surface area contributed by atoms with Crippen molar-refractivity contribution in [3.63, 3.8) is 0 Å². The maximum Gasteiger partial charge on any atom is 0.287 e. The fourth-order valence-corrected chi connectivity index (χ4v) is 4.08. The number of hydrogen-bond acceptors (Lipinski definition) is 7. The number of nitrogens with one attached hydrogen (secondary N) is 3. The number of carbonyl (C=O) groups is 2. The first kappa shape index (κ1) is 23.7. The molecule has 0 atom stereocenters. The second kappa shape index (κ2) is 10.6. The summed E-state index contributed by atoms with van der Waals surface area (Å²) in [6.07, 6.45) is 1.34. The van der Waals surface area contributed by atoms with Crippen molar-refractivity contribution in [1.29, 1.82) is 0 Å². The van der Waals surface area contributed by atoms with Crippen LogP contribution < -0.4 is 24.8 Å². The van der Waals surface area contributed by atoms with Gasteiger partial charge in [-0.2, -0.15) is 0 Å². The number of amides is 2. The van der Waals surface area contributed by atoms with Crippen LogP contribution >= 0.6 is 0 Å². The largest absolute Gasteiger partial charge is 0.495 e. The van der Waals surface area contributed by atoms with Crippen molar-refractivity contribution >= 4 is 33.2 Å². The highest BCUT2D eigenvalue weighted by Crippen LogP contribution is 2.29. The Balaban J connectivity index is 1.71. The lowest BCUT2D eigenvalue weighted by atomic mass is 10.3. The molecule has 0 fully saturated rings. The summed E-state index contributed by atoms with van der Waals surface area (Å²) in [7, 11) is -2.70. The first-order chi connectivity index (χ1) is 15.8. The number of methoxy groups -OCH3 is 1. The predicted octanol–water partition coefficient (Wildman–Crippen LogP) is 2.86. The Labute approximate surface area is 190 Å². The lowest BCUT2D eigenvalue weighted by Crippen LogP contribution is -2.32. The maximum atomic E-state index is 13.0. The van der Waals surface area contributed by atoms with Crippen molar-refractivity contribution in [2.45, 2.75) is 11.8 Å². The summed E-state index contributed by atoms with van der Waals surface area (Å²) < 4.78 is 43.9. The van der Waals surface area contributed by atoms with Crippen molar-refractivity contribution in [2.75, 3.05) is 30.3 Å². The lowest BCUT2D eigenvalue weighted by Gasteiger charge is -2.14. The topological polar surface area (TPSA) is 136 Å². The Hall–Kier alpha value is -3.99. The van der Waals surface area contributed by atoms with E-state index in [0.29, 0.717) is 18.0 Å². The summed E-state index contributed by atoms with van der Waals surface area (Å²) in [6.45, 7) is 2.01. The van der Waals surface area contributed by atoms with Crippen molar-refractivity contribution < 1.29 is 31.9 Å². The number of carbonyl (C=O) groups excluding carboxylic acids is 2. The van der Waals surface area contributed by atoms with E-state index in [-0.39, 0.29) is 28.6 Å². The molecule has 0 unspecified atom stereocenters. The zero-order valence-electron chi connectivity index (χ0n) is 18.0. The predicted molar refractivity (Wildman–Crippen MR) is 121 cm³/mol. The summed E-state index contributed by atoms with van der Waals surface area (Å²) in [5, 5.41) is 4.95. The third-order valence-electron chi connectivity index (χ3n) is 4.31. The highest BCUT2D eigenvalue weighted by atomic mass is 32.2. The van der Waals surface area contributed by atoms with Crippen LogP contribution in [0.4, 0.5) is 11.4 Å². The van der Waals surface area contributed by atoms with Crippen molar-refractivity contribution in [3.05, 3.63) is 66.6 Å². The van der Waals surface area contributed by atoms with Gasteiger partial charge in [0.2, 0.25) is 5.91 Å². The number of rotatable bonds is 10. The van der Waals surface area contributed by atoms with Gasteiger partial charge in [-0.25, -0.2) is 8.42 Å². The van der Waals surface area contributed by atoms with Gasteiger partial charge in [0.1, 0.15) is 16.4 Å². The highest BCUT2D eigenvalue weighted by molar-refractivity contribution is 7.92. The van der Waals surface area contributed by atoms with Gasteiger partial charge < -0.3 is 24.5 Å². The molecule has 0 saturated carbocycles. The number of hydrogen-bond donors (Lipinski definition) is 3. The van der Waals surface area contributed by atoms with Crippen LogP contribution in [0.5, 0.6) is 11.5 Å². The third kappa shape index (κ3) is 6.26. The van der Waals surface area contributed by atoms with Gasteiger partial charge in [0, 0.05) is 11.4 Å². The second-order valence-electron chi connectivity index (χ2n) is 6.64. The second-order valence-corrected chi connectivity index (χ2v) is 8.29. The normalized spacial score (nSPS) is 10.8. The average Bonchev–Trinajstić information content (AvgIpc) is 3.34. The molecule has 11 heteroatoms. The first-order valence-electron chi connectivity index (χ1n) is 9.87. The Bertz CT molecular complexity index is 1210. The van der Waals surface area contributed by atoms with E-state index in [1.165, 1.54) is 37.6 Å². The Kier molecular flexibility index (Phi) is 7.57. The zero-order valence-corrected chi connectivity index (χ0v) is 18.8. The molecular weight excluding hydrogens is 450 g/mol. The fourth-order valence-electron chi connectivity index (χ4n) is 2.82. The Morgan fingerprint density at radius 3 is 2.39 bits per heavy atom. The molecule has 2 aromatic carbocycles. The summed E-state index contributed by atoms with van der Waals surface area (Å²) in [4.78, 5) is 23.9. The molecule has 2 amide bonds. The molecule has 0 radical (unpaired) electrons. The molecule has 0 bridgehead atoms. The summed E-state index contributed by atoms with van der Waals surface area (Å²) in [6, 6.07) is 13.6. The highest BCUT2D eigenvalue weighted by Gasteiger charge is 2.21. The number of ether oxygens (including phenoxy) is 2. The molecule has 3 aromatic rings. The zero-order chi connectivity index (χ0) is 23.8. The Morgan fingerprint density at radius 2 is 1.76 bits per heavy atom. The van der Waals surface area contributed by atoms with Crippen molar-refractivity contribution in [1.82, 2.24) is 5.32 Å². The van der Waals surface area contributed by atoms with Gasteiger partial charge >= 0.3 is 0 Å². The van der Waals surface area contributed by atoms with E-state index in [0.717, 1.165) is 0 Å². The van der Waals surface area contributed by atoms with Crippen LogP contribution in [0.3, 0.4) is 0 Å². The van der Waals surface area contributed by atoms with E-state index in [2.05, 4.69) is 15.4 Å². The van der Waals surface area contributed by atoms with E-state index >= 15 is 0 Å². The minimum atomic E-state index is -4.04. The summed E-state index contributed by atoms with van der Waals surface area (Å²) >= 11 is 0. The molecule has 33 heavy (non-hydrogen) atoms. The Morgan fingerprint density at radius 1 is 1.03 bits per heavy atom. The van der Waals surface area contributed by atoms with Crippen LogP contribution in [0.25, 0.3) is 0 Å². The standard InChI is InChI=1S/C22H23N3O7S/c1-3-31-17-9-6-15(7-10-17)25-33(28,29)20-13-16(8-11-18(20)30-2)24-21(26)14-23-22(27)19-5-4-12-32-19/h4-13,25H,3,14H2,1-2H3,(H,23,27)(H,24,26). The fraction of sp³-hybridized carbons (Fsp3) is 0.182. The molecule has 1 heterocycles. The minimum Gasteiger partial charge on any atom is -0.495 e. The van der Waals surface area contributed by atoms with Gasteiger partial charge in [-0.05, 0) is 61.5 Å². The lowest BCUT2D eigenvalue weighted by molar-refractivity contribution is -0.115. The van der Waals surface area contributed by atoms with E-state index in [9.17, 15) is 18.0 Å². The number of anilines is 2. The molecule has 3 rings (SSSR count). The quantitative estimate of drug-likeness (QED) is 0.412. The van der Waals surface area contributed by atoms with Gasteiger partial charge in [0.05, 0.1) is 26.5 Å². The van der Waals surface area contributed by atoms with E-state index in [1.807, 2.05) is 6.92 Å². The minimum absolute atomic E-state index is 0.0704. The monoisotopic (exact) mass is 473 g/mol. The third-order valence-corrected chi connectivity index (χ3v) is 5.71. The van der Waals surface area contributed by atoms with Crippen LogP contribution in [0.2, 0.25) is 0 Å². The van der Waals surface area contributed by atoms with Gasteiger partial charge in [0.15, 0.2) is 5.76 Å². The van der Waals surface area contributed by atoms with Crippen LogP contribution in [0, 0.1) is 0 Å². The van der Waals surface area contributed by atoms with E-state index < -0.39 is 21.8 Å². The SMILES string of the molecule is CCOc1ccc(NS(=O)(=O)c2cc(NC(=O)CNC(=O)c3ccco3)ccc2OC)cc1. The average molecular weight is 474 g/mol. The van der Waals surface area contributed by atoms with Gasteiger partial charge in [-0.1, -0.05) is 0 Å². The van der Waals surface area contributed by atoms with E-state index in [1.54, 1.807) is 30.3 Å². The van der Waals surface area contributed by atoms with Crippen LogP contribution in [0.1, 0.15) is 17.5 Å². The molecule has 0 aliphatic rings. The number of benzene rings is 2. The molecule has 174 valence electrons.